The molecule has 0 radical (unpaired) electrons. The lowest BCUT2D eigenvalue weighted by atomic mass is 9.95. The molecule has 3 aromatic rings. The number of hydrogen-bond acceptors (Lipinski definition) is 7. The van der Waals surface area contributed by atoms with Crippen LogP contribution in [-0.2, 0) is 9.59 Å². The molecule has 1 fully saturated rings. The molecule has 1 amide bonds. The van der Waals surface area contributed by atoms with Crippen molar-refractivity contribution in [3.05, 3.63) is 75.2 Å². The third-order valence-corrected chi connectivity index (χ3v) is 6.37. The van der Waals surface area contributed by atoms with Crippen LogP contribution >= 0.6 is 27.3 Å². The van der Waals surface area contributed by atoms with Crippen LogP contribution in [0.25, 0.3) is 5.76 Å². The topological polar surface area (TPSA) is 89.0 Å². The first kappa shape index (κ1) is 19.8. The molecule has 1 atom stereocenters. The number of nitrogens with zero attached hydrogens (tertiary/aromatic N) is 2. The Morgan fingerprint density at radius 1 is 1.10 bits per heavy atom. The number of benzene rings is 2. The summed E-state index contributed by atoms with van der Waals surface area (Å²) in [7, 11) is 0. The maximum Gasteiger partial charge on any atom is 0.301 e. The number of thiazole rings is 1. The van der Waals surface area contributed by atoms with Gasteiger partial charge < -0.3 is 14.6 Å². The van der Waals surface area contributed by atoms with Gasteiger partial charge in [-0.2, -0.15) is 0 Å². The molecule has 1 aromatic heterocycles. The van der Waals surface area contributed by atoms with Crippen LogP contribution in [0.15, 0.2) is 64.1 Å². The maximum atomic E-state index is 13.1. The summed E-state index contributed by atoms with van der Waals surface area (Å²) in [6, 6.07) is 11.4. The summed E-state index contributed by atoms with van der Waals surface area (Å²) in [6.45, 7) is 0.839. The minimum Gasteiger partial charge on any atom is -0.507 e. The molecule has 1 saturated heterocycles. The molecule has 9 heteroatoms. The quantitative estimate of drug-likeness (QED) is 0.329. The highest BCUT2D eigenvalue weighted by Crippen LogP contribution is 2.43. The van der Waals surface area contributed by atoms with Gasteiger partial charge in [0.1, 0.15) is 19.0 Å². The molecule has 2 aliphatic heterocycles. The van der Waals surface area contributed by atoms with Gasteiger partial charge in [-0.3, -0.25) is 14.5 Å². The molecular formula is C22H15BrN2O5S. The van der Waals surface area contributed by atoms with Gasteiger partial charge in [0.25, 0.3) is 5.78 Å². The highest BCUT2D eigenvalue weighted by atomic mass is 79.9. The zero-order valence-corrected chi connectivity index (χ0v) is 18.4. The lowest BCUT2D eigenvalue weighted by Gasteiger charge is -2.23. The number of hydrogen-bond donors (Lipinski definition) is 1. The number of amides is 1. The number of ketones is 1. The van der Waals surface area contributed by atoms with Crippen molar-refractivity contribution in [2.24, 2.45) is 0 Å². The first-order chi connectivity index (χ1) is 15.0. The number of aliphatic hydroxyl groups excluding tert-OH is 1. The number of carbonyl (C=O) groups excluding carboxylic acids is 2. The Bertz CT molecular complexity index is 1210. The molecule has 1 unspecified atom stereocenters. The molecule has 1 N–H and O–H groups in total. The highest BCUT2D eigenvalue weighted by Gasteiger charge is 2.48. The van der Waals surface area contributed by atoms with Gasteiger partial charge in [-0.1, -0.05) is 28.1 Å². The molecule has 7 nitrogen and oxygen atoms in total. The van der Waals surface area contributed by atoms with E-state index < -0.39 is 17.7 Å². The number of ether oxygens (including phenoxy) is 2. The minimum atomic E-state index is -0.813. The Labute approximate surface area is 189 Å². The van der Waals surface area contributed by atoms with E-state index in [4.69, 9.17) is 9.47 Å². The number of halogens is 1. The van der Waals surface area contributed by atoms with Crippen LogP contribution in [-0.4, -0.2) is 35.0 Å². The van der Waals surface area contributed by atoms with Crippen LogP contribution in [0.3, 0.4) is 0 Å². The molecule has 0 aliphatic carbocycles. The summed E-state index contributed by atoms with van der Waals surface area (Å²) in [5.74, 6) is -0.736. The SMILES string of the molecule is O=C1C(=O)N(c2nccs2)C(c2ccc(Br)cc2)/C1=C(\O)c1ccc2c(c1)OCCO2. The zero-order valence-electron chi connectivity index (χ0n) is 15.9. The van der Waals surface area contributed by atoms with Crippen molar-refractivity contribution in [3.8, 4) is 11.5 Å². The highest BCUT2D eigenvalue weighted by molar-refractivity contribution is 9.10. The third kappa shape index (κ3) is 3.39. The summed E-state index contributed by atoms with van der Waals surface area (Å²) in [6.07, 6.45) is 1.57. The molecular weight excluding hydrogens is 484 g/mol. The predicted octanol–water partition coefficient (Wildman–Crippen LogP) is 4.30. The fourth-order valence-corrected chi connectivity index (χ4v) is 4.60. The second-order valence-electron chi connectivity index (χ2n) is 6.89. The van der Waals surface area contributed by atoms with E-state index in [-0.39, 0.29) is 11.3 Å². The Balaban J connectivity index is 1.68. The summed E-state index contributed by atoms with van der Waals surface area (Å²) in [5, 5.41) is 13.3. The molecule has 2 aromatic carbocycles. The van der Waals surface area contributed by atoms with Gasteiger partial charge in [0.05, 0.1) is 11.6 Å². The lowest BCUT2D eigenvalue weighted by Crippen LogP contribution is -2.29. The van der Waals surface area contributed by atoms with Crippen molar-refractivity contribution in [2.45, 2.75) is 6.04 Å². The Hall–Kier alpha value is -3.17. The number of Topliss-reactive ketones (excluding diaryl/α,β-unsaturated/α-hetero) is 1. The predicted molar refractivity (Wildman–Crippen MR) is 118 cm³/mol. The van der Waals surface area contributed by atoms with Crippen molar-refractivity contribution >= 4 is 49.8 Å². The van der Waals surface area contributed by atoms with E-state index >= 15 is 0 Å². The monoisotopic (exact) mass is 498 g/mol. The number of aliphatic hydroxyl groups is 1. The number of aromatic nitrogens is 1. The summed E-state index contributed by atoms with van der Waals surface area (Å²) < 4.78 is 12.0. The van der Waals surface area contributed by atoms with Crippen LogP contribution in [0.2, 0.25) is 0 Å². The van der Waals surface area contributed by atoms with Gasteiger partial charge in [0.2, 0.25) is 0 Å². The van der Waals surface area contributed by atoms with E-state index in [9.17, 15) is 14.7 Å². The van der Waals surface area contributed by atoms with Gasteiger partial charge in [0.15, 0.2) is 16.6 Å². The van der Waals surface area contributed by atoms with Crippen molar-refractivity contribution < 1.29 is 24.2 Å². The maximum absolute atomic E-state index is 13.1. The first-order valence-electron chi connectivity index (χ1n) is 9.40. The van der Waals surface area contributed by atoms with Crippen LogP contribution in [0.5, 0.6) is 11.5 Å². The molecule has 5 rings (SSSR count). The largest absolute Gasteiger partial charge is 0.507 e. The molecule has 0 spiro atoms. The summed E-state index contributed by atoms with van der Waals surface area (Å²) in [5.41, 5.74) is 1.04. The Morgan fingerprint density at radius 2 is 1.84 bits per heavy atom. The fourth-order valence-electron chi connectivity index (χ4n) is 3.67. The Kier molecular flexibility index (Phi) is 4.99. The Morgan fingerprint density at radius 3 is 2.55 bits per heavy atom. The van der Waals surface area contributed by atoms with E-state index in [0.717, 1.165) is 4.47 Å². The molecule has 31 heavy (non-hydrogen) atoms. The van der Waals surface area contributed by atoms with Crippen molar-refractivity contribution in [1.82, 2.24) is 4.98 Å². The van der Waals surface area contributed by atoms with E-state index in [2.05, 4.69) is 20.9 Å². The summed E-state index contributed by atoms with van der Waals surface area (Å²) in [4.78, 5) is 31.6. The van der Waals surface area contributed by atoms with E-state index in [1.54, 1.807) is 41.9 Å². The van der Waals surface area contributed by atoms with Crippen molar-refractivity contribution in [1.29, 1.82) is 0 Å². The number of fused-ring (bicyclic) bond motifs is 1. The molecule has 3 heterocycles. The van der Waals surface area contributed by atoms with Crippen molar-refractivity contribution in [3.63, 3.8) is 0 Å². The van der Waals surface area contributed by atoms with Gasteiger partial charge in [-0.15, -0.1) is 11.3 Å². The summed E-state index contributed by atoms with van der Waals surface area (Å²) >= 11 is 4.65. The van der Waals surface area contributed by atoms with Crippen LogP contribution in [0.1, 0.15) is 17.2 Å². The van der Waals surface area contributed by atoms with Crippen LogP contribution < -0.4 is 14.4 Å². The van der Waals surface area contributed by atoms with Crippen LogP contribution in [0.4, 0.5) is 5.13 Å². The average molecular weight is 499 g/mol. The van der Waals surface area contributed by atoms with Gasteiger partial charge in [-0.05, 0) is 35.9 Å². The standard InChI is InChI=1S/C22H15BrN2O5S/c23-14-4-1-12(2-5-14)18-17(20(27)21(28)25(18)22-24-7-10-31-22)19(26)13-3-6-15-16(11-13)30-9-8-29-15/h1-7,10-11,18,26H,8-9H2/b19-17+. The second-order valence-corrected chi connectivity index (χ2v) is 8.68. The van der Waals surface area contributed by atoms with E-state index in [1.807, 2.05) is 12.1 Å². The molecule has 156 valence electrons. The average Bonchev–Trinajstić information content (AvgIpc) is 3.40. The molecule has 0 saturated carbocycles. The van der Waals surface area contributed by atoms with Gasteiger partial charge >= 0.3 is 5.91 Å². The van der Waals surface area contributed by atoms with Crippen molar-refractivity contribution in [2.75, 3.05) is 18.1 Å². The number of anilines is 1. The first-order valence-corrected chi connectivity index (χ1v) is 11.1. The van der Waals surface area contributed by atoms with Gasteiger partial charge in [-0.25, -0.2) is 4.98 Å². The fraction of sp³-hybridized carbons (Fsp3) is 0.136. The third-order valence-electron chi connectivity index (χ3n) is 5.07. The van der Waals surface area contributed by atoms with E-state index in [1.165, 1.54) is 16.2 Å². The molecule has 0 bridgehead atoms. The zero-order chi connectivity index (χ0) is 21.5. The second kappa shape index (κ2) is 7.82. The minimum absolute atomic E-state index is 0.000741. The molecule has 2 aliphatic rings. The normalized spacial score (nSPS) is 19.6. The van der Waals surface area contributed by atoms with E-state index in [0.29, 0.717) is 41.0 Å². The van der Waals surface area contributed by atoms with Gasteiger partial charge in [0, 0.05) is 21.6 Å². The smallest absolute Gasteiger partial charge is 0.301 e. The lowest BCUT2D eigenvalue weighted by molar-refractivity contribution is -0.132. The van der Waals surface area contributed by atoms with Crippen LogP contribution in [0, 0.1) is 0 Å². The number of carbonyl (C=O) groups is 2. The number of rotatable bonds is 3.